The first-order valence-electron chi connectivity index (χ1n) is 3.53. The Bertz CT molecular complexity index is 236. The fraction of sp³-hybridized carbons (Fsp3) is 0.375. The fourth-order valence-corrected chi connectivity index (χ4v) is 1.20. The van der Waals surface area contributed by atoms with E-state index in [4.69, 9.17) is 4.42 Å². The summed E-state index contributed by atoms with van der Waals surface area (Å²) in [6.45, 7) is 0.987. The van der Waals surface area contributed by atoms with E-state index >= 15 is 0 Å². The summed E-state index contributed by atoms with van der Waals surface area (Å²) in [5, 5.41) is 0. The van der Waals surface area contributed by atoms with Crippen LogP contribution in [0.1, 0.15) is 18.4 Å². The molecule has 1 aliphatic heterocycles. The monoisotopic (exact) mass is 135 g/mol. The van der Waals surface area contributed by atoms with Crippen molar-refractivity contribution in [2.75, 3.05) is 6.54 Å². The predicted octanol–water partition coefficient (Wildman–Crippen LogP) is 1.86. The van der Waals surface area contributed by atoms with Gasteiger partial charge in [0, 0.05) is 17.8 Å². The van der Waals surface area contributed by atoms with Crippen molar-refractivity contribution in [2.45, 2.75) is 12.8 Å². The number of hydrogen-bond acceptors (Lipinski definition) is 2. The highest BCUT2D eigenvalue weighted by Gasteiger charge is 2.08. The number of furan rings is 1. The molecule has 0 saturated heterocycles. The van der Waals surface area contributed by atoms with Crippen LogP contribution in [0.5, 0.6) is 0 Å². The maximum Gasteiger partial charge on any atom is 0.0993 e. The van der Waals surface area contributed by atoms with Crippen molar-refractivity contribution in [2.24, 2.45) is 4.99 Å². The highest BCUT2D eigenvalue weighted by atomic mass is 16.3. The Morgan fingerprint density at radius 2 is 2.50 bits per heavy atom. The van der Waals surface area contributed by atoms with Crippen LogP contribution in [0.2, 0.25) is 0 Å². The van der Waals surface area contributed by atoms with Crippen molar-refractivity contribution in [3.63, 3.8) is 0 Å². The molecule has 0 atom stereocenters. The van der Waals surface area contributed by atoms with E-state index in [1.807, 2.05) is 6.07 Å². The molecule has 1 aromatic rings. The quantitative estimate of drug-likeness (QED) is 0.577. The average Bonchev–Trinajstić information content (AvgIpc) is 2.59. The topological polar surface area (TPSA) is 25.5 Å². The van der Waals surface area contributed by atoms with Crippen LogP contribution in [-0.4, -0.2) is 12.3 Å². The van der Waals surface area contributed by atoms with Gasteiger partial charge in [-0.05, 0) is 18.9 Å². The standard InChI is InChI=1S/C8H9NO/c1-2-8(9-4-1)7-3-5-10-6-7/h3,5-6H,1-2,4H2. The van der Waals surface area contributed by atoms with Crippen molar-refractivity contribution in [1.29, 1.82) is 0 Å². The van der Waals surface area contributed by atoms with Crippen molar-refractivity contribution >= 4 is 5.71 Å². The minimum absolute atomic E-state index is 0.987. The molecule has 2 heteroatoms. The molecule has 0 spiro atoms. The van der Waals surface area contributed by atoms with Crippen LogP contribution in [0.15, 0.2) is 28.0 Å². The van der Waals surface area contributed by atoms with E-state index in [2.05, 4.69) is 4.99 Å². The van der Waals surface area contributed by atoms with Gasteiger partial charge in [-0.3, -0.25) is 4.99 Å². The molecular formula is C8H9NO. The maximum absolute atomic E-state index is 4.95. The number of rotatable bonds is 1. The van der Waals surface area contributed by atoms with Gasteiger partial charge in [0.25, 0.3) is 0 Å². The molecule has 0 bridgehead atoms. The first-order valence-corrected chi connectivity index (χ1v) is 3.53. The zero-order chi connectivity index (χ0) is 6.81. The molecule has 10 heavy (non-hydrogen) atoms. The average molecular weight is 135 g/mol. The lowest BCUT2D eigenvalue weighted by Gasteiger charge is -1.89. The van der Waals surface area contributed by atoms with Crippen molar-refractivity contribution in [1.82, 2.24) is 0 Å². The van der Waals surface area contributed by atoms with E-state index in [1.165, 1.54) is 12.1 Å². The van der Waals surface area contributed by atoms with Gasteiger partial charge in [-0.25, -0.2) is 0 Å². The van der Waals surface area contributed by atoms with Crippen LogP contribution >= 0.6 is 0 Å². The first kappa shape index (κ1) is 5.71. The van der Waals surface area contributed by atoms with E-state index in [0.717, 1.165) is 18.5 Å². The smallest absolute Gasteiger partial charge is 0.0993 e. The summed E-state index contributed by atoms with van der Waals surface area (Å²) < 4.78 is 4.95. The Labute approximate surface area is 59.6 Å². The molecule has 0 aromatic carbocycles. The second-order valence-corrected chi connectivity index (χ2v) is 2.44. The second-order valence-electron chi connectivity index (χ2n) is 2.44. The lowest BCUT2D eigenvalue weighted by Crippen LogP contribution is -1.91. The van der Waals surface area contributed by atoms with E-state index in [1.54, 1.807) is 12.5 Å². The fourth-order valence-electron chi connectivity index (χ4n) is 1.20. The van der Waals surface area contributed by atoms with E-state index in [0.29, 0.717) is 0 Å². The second kappa shape index (κ2) is 2.29. The SMILES string of the molecule is c1cc(C2=NCCC2)co1. The molecule has 0 unspecified atom stereocenters. The lowest BCUT2D eigenvalue weighted by molar-refractivity contribution is 0.567. The molecule has 0 saturated carbocycles. The number of hydrogen-bond donors (Lipinski definition) is 0. The summed E-state index contributed by atoms with van der Waals surface area (Å²) >= 11 is 0. The number of aliphatic imine (C=N–C) groups is 1. The molecule has 0 fully saturated rings. The van der Waals surface area contributed by atoms with Crippen LogP contribution in [-0.2, 0) is 0 Å². The Morgan fingerprint density at radius 3 is 3.10 bits per heavy atom. The van der Waals surface area contributed by atoms with E-state index < -0.39 is 0 Å². The van der Waals surface area contributed by atoms with Gasteiger partial charge >= 0.3 is 0 Å². The van der Waals surface area contributed by atoms with Gasteiger partial charge in [-0.15, -0.1) is 0 Å². The molecule has 2 heterocycles. The molecule has 2 nitrogen and oxygen atoms in total. The van der Waals surface area contributed by atoms with Gasteiger partial charge < -0.3 is 4.42 Å². The third-order valence-electron chi connectivity index (χ3n) is 1.73. The lowest BCUT2D eigenvalue weighted by atomic mass is 10.1. The molecule has 1 aromatic heterocycles. The van der Waals surface area contributed by atoms with Crippen molar-refractivity contribution in [3.8, 4) is 0 Å². The van der Waals surface area contributed by atoms with Gasteiger partial charge in [-0.1, -0.05) is 0 Å². The normalized spacial score (nSPS) is 17.4. The summed E-state index contributed by atoms with van der Waals surface area (Å²) in [6.07, 6.45) is 5.75. The Hall–Kier alpha value is -1.05. The number of nitrogens with zero attached hydrogens (tertiary/aromatic N) is 1. The van der Waals surface area contributed by atoms with Crippen molar-refractivity contribution < 1.29 is 4.42 Å². The summed E-state index contributed by atoms with van der Waals surface area (Å²) in [5.74, 6) is 0. The van der Waals surface area contributed by atoms with Gasteiger partial charge in [0.2, 0.25) is 0 Å². The first-order chi connectivity index (χ1) is 4.97. The molecule has 0 aliphatic carbocycles. The highest BCUT2D eigenvalue weighted by molar-refractivity contribution is 6.01. The third kappa shape index (κ3) is 0.856. The van der Waals surface area contributed by atoms with Crippen LogP contribution in [0.3, 0.4) is 0 Å². The summed E-state index contributed by atoms with van der Waals surface area (Å²) in [4.78, 5) is 4.33. The highest BCUT2D eigenvalue weighted by Crippen LogP contribution is 2.12. The molecule has 0 N–H and O–H groups in total. The Kier molecular flexibility index (Phi) is 1.31. The molecular weight excluding hydrogens is 126 g/mol. The maximum atomic E-state index is 4.95. The summed E-state index contributed by atoms with van der Waals surface area (Å²) in [7, 11) is 0. The predicted molar refractivity (Wildman–Crippen MR) is 39.3 cm³/mol. The zero-order valence-electron chi connectivity index (χ0n) is 5.71. The Morgan fingerprint density at radius 1 is 1.50 bits per heavy atom. The van der Waals surface area contributed by atoms with Crippen molar-refractivity contribution in [3.05, 3.63) is 24.2 Å². The largest absolute Gasteiger partial charge is 0.472 e. The van der Waals surface area contributed by atoms with Crippen LogP contribution in [0.4, 0.5) is 0 Å². The molecule has 0 radical (unpaired) electrons. The molecule has 52 valence electrons. The van der Waals surface area contributed by atoms with Gasteiger partial charge in [0.1, 0.15) is 0 Å². The molecule has 0 amide bonds. The van der Waals surface area contributed by atoms with Gasteiger partial charge in [-0.2, -0.15) is 0 Å². The minimum atomic E-state index is 0.987. The third-order valence-corrected chi connectivity index (χ3v) is 1.73. The Balaban J connectivity index is 2.28. The van der Waals surface area contributed by atoms with Gasteiger partial charge in [0.05, 0.1) is 12.5 Å². The van der Waals surface area contributed by atoms with Gasteiger partial charge in [0.15, 0.2) is 0 Å². The van der Waals surface area contributed by atoms with E-state index in [9.17, 15) is 0 Å². The van der Waals surface area contributed by atoms with E-state index in [-0.39, 0.29) is 0 Å². The summed E-state index contributed by atoms with van der Waals surface area (Å²) in [6, 6.07) is 1.96. The minimum Gasteiger partial charge on any atom is -0.472 e. The molecule has 1 aliphatic rings. The van der Waals surface area contributed by atoms with Crippen LogP contribution in [0.25, 0.3) is 0 Å². The molecule has 2 rings (SSSR count). The summed E-state index contributed by atoms with van der Waals surface area (Å²) in [5.41, 5.74) is 2.35. The van der Waals surface area contributed by atoms with Crippen LogP contribution < -0.4 is 0 Å². The zero-order valence-corrected chi connectivity index (χ0v) is 5.71. The van der Waals surface area contributed by atoms with Crippen LogP contribution in [0, 0.1) is 0 Å².